The van der Waals surface area contributed by atoms with Crippen molar-refractivity contribution < 1.29 is 14.6 Å². The molecule has 0 aliphatic heterocycles. The van der Waals surface area contributed by atoms with E-state index in [1.165, 1.54) is 18.2 Å². The van der Waals surface area contributed by atoms with Crippen LogP contribution in [0.4, 0.5) is 0 Å². The Hall–Kier alpha value is -1.39. The minimum Gasteiger partial charge on any atom is -0.468 e. The quantitative estimate of drug-likeness (QED) is 0.797. The van der Waals surface area contributed by atoms with Crippen LogP contribution in [-0.4, -0.2) is 36.4 Å². The summed E-state index contributed by atoms with van der Waals surface area (Å²) in [7, 11) is 1.34. The third-order valence-electron chi connectivity index (χ3n) is 3.70. The van der Waals surface area contributed by atoms with E-state index in [1.54, 1.807) is 6.92 Å². The van der Waals surface area contributed by atoms with Gasteiger partial charge in [0.15, 0.2) is 0 Å². The zero-order valence-electron chi connectivity index (χ0n) is 11.4. The van der Waals surface area contributed by atoms with Gasteiger partial charge in [-0.25, -0.2) is 0 Å². The summed E-state index contributed by atoms with van der Waals surface area (Å²) < 4.78 is 4.72. The highest BCUT2D eigenvalue weighted by molar-refractivity contribution is 5.76. The van der Waals surface area contributed by atoms with Crippen molar-refractivity contribution in [1.29, 1.82) is 0 Å². The fourth-order valence-corrected chi connectivity index (χ4v) is 2.63. The molecule has 0 spiro atoms. The molecule has 0 radical (unpaired) electrons. The van der Waals surface area contributed by atoms with Gasteiger partial charge in [-0.15, -0.1) is 0 Å². The molecule has 2 rings (SSSR count). The van der Waals surface area contributed by atoms with Gasteiger partial charge >= 0.3 is 5.97 Å². The number of hydrogen-bond donors (Lipinski definition) is 2. The van der Waals surface area contributed by atoms with Crippen LogP contribution in [0, 0.1) is 0 Å². The second-order valence-electron chi connectivity index (χ2n) is 5.12. The maximum absolute atomic E-state index is 11.6. The van der Waals surface area contributed by atoms with Crippen molar-refractivity contribution in [2.45, 2.75) is 44.4 Å². The molecule has 0 heterocycles. The highest BCUT2D eigenvalue weighted by Gasteiger charge is 2.28. The highest BCUT2D eigenvalue weighted by atomic mass is 16.5. The van der Waals surface area contributed by atoms with Gasteiger partial charge in [-0.3, -0.25) is 10.1 Å². The van der Waals surface area contributed by atoms with Crippen molar-refractivity contribution in [3.05, 3.63) is 35.4 Å². The smallest absolute Gasteiger partial charge is 0.325 e. The van der Waals surface area contributed by atoms with Crippen molar-refractivity contribution in [3.8, 4) is 0 Å². The first-order valence-corrected chi connectivity index (χ1v) is 6.70. The lowest BCUT2D eigenvalue weighted by atomic mass is 9.88. The molecule has 1 aliphatic carbocycles. The van der Waals surface area contributed by atoms with Crippen LogP contribution in [0.3, 0.4) is 0 Å². The third kappa shape index (κ3) is 3.33. The molecule has 4 heteroatoms. The Morgan fingerprint density at radius 3 is 2.74 bits per heavy atom. The molecule has 0 unspecified atom stereocenters. The van der Waals surface area contributed by atoms with Gasteiger partial charge in [0.25, 0.3) is 0 Å². The van der Waals surface area contributed by atoms with Crippen LogP contribution >= 0.6 is 0 Å². The van der Waals surface area contributed by atoms with Crippen LogP contribution in [0.15, 0.2) is 24.3 Å². The Morgan fingerprint density at radius 2 is 2.11 bits per heavy atom. The second-order valence-corrected chi connectivity index (χ2v) is 5.12. The van der Waals surface area contributed by atoms with Crippen molar-refractivity contribution in [2.75, 3.05) is 7.11 Å². The Kier molecular flexibility index (Phi) is 4.56. The van der Waals surface area contributed by atoms with Gasteiger partial charge < -0.3 is 9.84 Å². The van der Waals surface area contributed by atoms with Crippen LogP contribution in [0.1, 0.15) is 24.5 Å². The molecule has 2 N–H and O–H groups in total. The van der Waals surface area contributed by atoms with E-state index in [0.29, 0.717) is 0 Å². The first-order chi connectivity index (χ1) is 9.11. The van der Waals surface area contributed by atoms with Crippen LogP contribution in [0.25, 0.3) is 0 Å². The van der Waals surface area contributed by atoms with Crippen LogP contribution < -0.4 is 5.32 Å². The summed E-state index contributed by atoms with van der Waals surface area (Å²) in [5.41, 5.74) is 2.70. The average Bonchev–Trinajstić information content (AvgIpc) is 2.43. The lowest BCUT2D eigenvalue weighted by Gasteiger charge is -2.29. The molecule has 1 aliphatic rings. The highest BCUT2D eigenvalue weighted by Crippen LogP contribution is 2.21. The number of rotatable bonds is 4. The number of aryl methyl sites for hydroxylation is 1. The van der Waals surface area contributed by atoms with Gasteiger partial charge in [0.1, 0.15) is 6.04 Å². The third-order valence-corrected chi connectivity index (χ3v) is 3.70. The number of nitrogens with one attached hydrogen (secondary N) is 1. The van der Waals surface area contributed by atoms with E-state index >= 15 is 0 Å². The predicted molar refractivity (Wildman–Crippen MR) is 72.9 cm³/mol. The number of benzene rings is 1. The fraction of sp³-hybridized carbons (Fsp3) is 0.533. The summed E-state index contributed by atoms with van der Waals surface area (Å²) >= 11 is 0. The van der Waals surface area contributed by atoms with Gasteiger partial charge in [0.2, 0.25) is 0 Å². The minimum absolute atomic E-state index is 0.202. The number of esters is 1. The van der Waals surface area contributed by atoms with Gasteiger partial charge in [0, 0.05) is 6.04 Å². The van der Waals surface area contributed by atoms with Crippen LogP contribution in [0.2, 0.25) is 0 Å². The molecular formula is C15H21NO3. The zero-order valence-corrected chi connectivity index (χ0v) is 11.4. The molecular weight excluding hydrogens is 242 g/mol. The fourth-order valence-electron chi connectivity index (χ4n) is 2.63. The number of ether oxygens (including phenoxy) is 1. The maximum atomic E-state index is 11.6. The van der Waals surface area contributed by atoms with Crippen molar-refractivity contribution in [2.24, 2.45) is 0 Å². The van der Waals surface area contributed by atoms with E-state index in [-0.39, 0.29) is 6.04 Å². The molecule has 104 valence electrons. The molecule has 3 atom stereocenters. The van der Waals surface area contributed by atoms with E-state index in [1.807, 2.05) is 6.07 Å². The standard InChI is InChI=1S/C15H21NO3/c1-10(17)14(15(18)19-2)16-13-8-7-11-5-3-4-6-12(11)9-13/h3-6,10,13-14,16-17H,7-9H2,1-2H3/t10-,13-,14+/m0/s1. The van der Waals surface area contributed by atoms with Crippen LogP contribution in [0.5, 0.6) is 0 Å². The summed E-state index contributed by atoms with van der Waals surface area (Å²) in [6.07, 6.45) is 2.10. The lowest BCUT2D eigenvalue weighted by molar-refractivity contribution is -0.146. The van der Waals surface area contributed by atoms with Crippen molar-refractivity contribution >= 4 is 5.97 Å². The monoisotopic (exact) mass is 263 g/mol. The topological polar surface area (TPSA) is 58.6 Å². The van der Waals surface area contributed by atoms with Crippen LogP contribution in [-0.2, 0) is 22.4 Å². The maximum Gasteiger partial charge on any atom is 0.325 e. The molecule has 0 bridgehead atoms. The second kappa shape index (κ2) is 6.17. The van der Waals surface area contributed by atoms with Gasteiger partial charge in [-0.05, 0) is 37.3 Å². The number of fused-ring (bicyclic) bond motifs is 1. The molecule has 0 fully saturated rings. The first-order valence-electron chi connectivity index (χ1n) is 6.70. The van der Waals surface area contributed by atoms with E-state index in [4.69, 9.17) is 4.74 Å². The van der Waals surface area contributed by atoms with Gasteiger partial charge in [0.05, 0.1) is 13.2 Å². The number of hydrogen-bond acceptors (Lipinski definition) is 4. The largest absolute Gasteiger partial charge is 0.468 e. The molecule has 4 nitrogen and oxygen atoms in total. The number of aliphatic hydroxyl groups is 1. The number of methoxy groups -OCH3 is 1. The normalized spacial score (nSPS) is 21.3. The Bertz CT molecular complexity index is 445. The van der Waals surface area contributed by atoms with Crippen molar-refractivity contribution in [3.63, 3.8) is 0 Å². The van der Waals surface area contributed by atoms with E-state index < -0.39 is 18.1 Å². The molecule has 1 aromatic carbocycles. The molecule has 19 heavy (non-hydrogen) atoms. The summed E-state index contributed by atoms with van der Waals surface area (Å²) in [5.74, 6) is -0.408. The molecule has 1 aromatic rings. The minimum atomic E-state index is -0.760. The SMILES string of the molecule is COC(=O)[C@H](N[C@H]1CCc2ccccc2C1)[C@H](C)O. The molecule has 0 amide bonds. The molecule has 0 saturated carbocycles. The lowest BCUT2D eigenvalue weighted by Crippen LogP contribution is -2.51. The zero-order chi connectivity index (χ0) is 13.8. The number of carbonyl (C=O) groups excluding carboxylic acids is 1. The summed E-state index contributed by atoms with van der Waals surface area (Å²) in [4.78, 5) is 11.6. The Labute approximate surface area is 113 Å². The predicted octanol–water partition coefficient (Wildman–Crippen LogP) is 1.06. The van der Waals surface area contributed by atoms with E-state index in [0.717, 1.165) is 19.3 Å². The van der Waals surface area contributed by atoms with E-state index in [9.17, 15) is 9.90 Å². The molecule has 0 saturated heterocycles. The molecule has 0 aromatic heterocycles. The van der Waals surface area contributed by atoms with Crippen molar-refractivity contribution in [1.82, 2.24) is 5.32 Å². The summed E-state index contributed by atoms with van der Waals surface area (Å²) in [6.45, 7) is 1.60. The van der Waals surface area contributed by atoms with E-state index in [2.05, 4.69) is 23.5 Å². The van der Waals surface area contributed by atoms with Gasteiger partial charge in [-0.1, -0.05) is 24.3 Å². The average molecular weight is 263 g/mol. The summed E-state index contributed by atoms with van der Waals surface area (Å²) in [6, 6.07) is 7.91. The Morgan fingerprint density at radius 1 is 1.42 bits per heavy atom. The Balaban J connectivity index is 2.02. The first kappa shape index (κ1) is 14.0. The number of aliphatic hydroxyl groups excluding tert-OH is 1. The number of carbonyl (C=O) groups is 1. The summed E-state index contributed by atoms with van der Waals surface area (Å²) in [5, 5.41) is 12.9. The van der Waals surface area contributed by atoms with Gasteiger partial charge in [-0.2, -0.15) is 0 Å².